The van der Waals surface area contributed by atoms with Crippen molar-refractivity contribution in [2.45, 2.75) is 32.7 Å². The van der Waals surface area contributed by atoms with Gasteiger partial charge in [-0.3, -0.25) is 0 Å². The molecule has 0 saturated carbocycles. The summed E-state index contributed by atoms with van der Waals surface area (Å²) in [6, 6.07) is 5.71. The molecule has 0 atom stereocenters. The van der Waals surface area contributed by atoms with E-state index in [4.69, 9.17) is 22.1 Å². The fourth-order valence-electron chi connectivity index (χ4n) is 1.41. The number of hydrogen-bond acceptors (Lipinski definition) is 3. The van der Waals surface area contributed by atoms with Crippen LogP contribution in [-0.4, -0.2) is 18.7 Å². The van der Waals surface area contributed by atoms with E-state index in [1.54, 1.807) is 0 Å². The molecule has 1 aromatic rings. The minimum atomic E-state index is -0.151. The van der Waals surface area contributed by atoms with Crippen LogP contribution in [0.4, 0.5) is 5.69 Å². The summed E-state index contributed by atoms with van der Waals surface area (Å²) in [5, 5.41) is 3.92. The Morgan fingerprint density at radius 2 is 2.12 bits per heavy atom. The second kappa shape index (κ2) is 6.12. The van der Waals surface area contributed by atoms with E-state index in [2.05, 4.69) is 5.32 Å². The minimum absolute atomic E-state index is 0.151. The van der Waals surface area contributed by atoms with Crippen LogP contribution in [-0.2, 0) is 0 Å². The van der Waals surface area contributed by atoms with Gasteiger partial charge in [0, 0.05) is 17.8 Å². The van der Waals surface area contributed by atoms with E-state index < -0.39 is 0 Å². The van der Waals surface area contributed by atoms with Crippen LogP contribution >= 0.6 is 11.6 Å². The van der Waals surface area contributed by atoms with Gasteiger partial charge in [-0.15, -0.1) is 0 Å². The van der Waals surface area contributed by atoms with Gasteiger partial charge >= 0.3 is 0 Å². The Balaban J connectivity index is 2.53. The van der Waals surface area contributed by atoms with Crippen molar-refractivity contribution in [3.05, 3.63) is 23.2 Å². The van der Waals surface area contributed by atoms with Crippen LogP contribution in [0.25, 0.3) is 0 Å². The standard InChI is InChI=1S/C13H21ClN2O/c1-4-17-12-6-5-10(9-11(12)14)16-8-7-13(2,3)15/h5-6,9,16H,4,7-8,15H2,1-3H3. The van der Waals surface area contributed by atoms with Crippen LogP contribution in [0, 0.1) is 0 Å². The van der Waals surface area contributed by atoms with Crippen molar-refractivity contribution < 1.29 is 4.74 Å². The van der Waals surface area contributed by atoms with Crippen molar-refractivity contribution in [1.82, 2.24) is 0 Å². The molecule has 0 heterocycles. The van der Waals surface area contributed by atoms with E-state index in [0.29, 0.717) is 11.6 Å². The topological polar surface area (TPSA) is 47.3 Å². The lowest BCUT2D eigenvalue weighted by Crippen LogP contribution is -2.34. The molecule has 96 valence electrons. The number of ether oxygens (including phenoxy) is 1. The summed E-state index contributed by atoms with van der Waals surface area (Å²) in [5.74, 6) is 0.721. The van der Waals surface area contributed by atoms with Crippen LogP contribution < -0.4 is 15.8 Å². The van der Waals surface area contributed by atoms with Gasteiger partial charge in [0.05, 0.1) is 11.6 Å². The Morgan fingerprint density at radius 1 is 1.41 bits per heavy atom. The normalized spacial score (nSPS) is 11.4. The van der Waals surface area contributed by atoms with Crippen molar-refractivity contribution in [3.8, 4) is 5.75 Å². The van der Waals surface area contributed by atoms with Gasteiger partial charge in [0.1, 0.15) is 5.75 Å². The Bertz CT molecular complexity index is 361. The van der Waals surface area contributed by atoms with Crippen LogP contribution in [0.1, 0.15) is 27.2 Å². The fourth-order valence-corrected chi connectivity index (χ4v) is 1.65. The van der Waals surface area contributed by atoms with Crippen molar-refractivity contribution in [1.29, 1.82) is 0 Å². The monoisotopic (exact) mass is 256 g/mol. The Kier molecular flexibility index (Phi) is 5.09. The second-order valence-corrected chi connectivity index (χ2v) is 5.15. The van der Waals surface area contributed by atoms with E-state index in [-0.39, 0.29) is 5.54 Å². The molecule has 0 spiro atoms. The van der Waals surface area contributed by atoms with Gasteiger partial charge in [-0.25, -0.2) is 0 Å². The molecule has 3 nitrogen and oxygen atoms in total. The molecule has 0 amide bonds. The van der Waals surface area contributed by atoms with Gasteiger partial charge in [0.2, 0.25) is 0 Å². The lowest BCUT2D eigenvalue weighted by atomic mass is 10.0. The third-order valence-corrected chi connectivity index (χ3v) is 2.63. The molecule has 0 aliphatic rings. The van der Waals surface area contributed by atoms with E-state index in [1.807, 2.05) is 39.0 Å². The first-order valence-corrected chi connectivity index (χ1v) is 6.25. The van der Waals surface area contributed by atoms with E-state index in [0.717, 1.165) is 24.4 Å². The third-order valence-electron chi connectivity index (χ3n) is 2.33. The largest absolute Gasteiger partial charge is 0.492 e. The van der Waals surface area contributed by atoms with Gasteiger partial charge in [0.15, 0.2) is 0 Å². The number of nitrogens with two attached hydrogens (primary N) is 1. The molecular formula is C13H21ClN2O. The molecule has 0 saturated heterocycles. The third kappa shape index (κ3) is 5.29. The second-order valence-electron chi connectivity index (χ2n) is 4.74. The molecule has 1 aromatic carbocycles. The molecule has 0 bridgehead atoms. The zero-order chi connectivity index (χ0) is 12.9. The van der Waals surface area contributed by atoms with Crippen LogP contribution in [0.2, 0.25) is 5.02 Å². The molecule has 17 heavy (non-hydrogen) atoms. The Morgan fingerprint density at radius 3 is 2.65 bits per heavy atom. The lowest BCUT2D eigenvalue weighted by Gasteiger charge is -2.19. The summed E-state index contributed by atoms with van der Waals surface area (Å²) < 4.78 is 5.37. The minimum Gasteiger partial charge on any atom is -0.492 e. The average molecular weight is 257 g/mol. The molecule has 3 N–H and O–H groups in total. The molecule has 0 radical (unpaired) electrons. The van der Waals surface area contributed by atoms with Crippen molar-refractivity contribution in [2.24, 2.45) is 5.73 Å². The summed E-state index contributed by atoms with van der Waals surface area (Å²) in [5.41, 5.74) is 6.74. The molecule has 4 heteroatoms. The smallest absolute Gasteiger partial charge is 0.138 e. The predicted molar refractivity (Wildman–Crippen MR) is 74.0 cm³/mol. The van der Waals surface area contributed by atoms with E-state index in [9.17, 15) is 0 Å². The zero-order valence-corrected chi connectivity index (χ0v) is 11.5. The molecule has 0 aromatic heterocycles. The number of anilines is 1. The summed E-state index contributed by atoms with van der Waals surface area (Å²) in [4.78, 5) is 0. The van der Waals surface area contributed by atoms with Gasteiger partial charge in [-0.1, -0.05) is 11.6 Å². The molecule has 1 rings (SSSR count). The first-order valence-electron chi connectivity index (χ1n) is 5.87. The molecular weight excluding hydrogens is 236 g/mol. The summed E-state index contributed by atoms with van der Waals surface area (Å²) in [6.07, 6.45) is 0.901. The van der Waals surface area contributed by atoms with Gasteiger partial charge in [0.25, 0.3) is 0 Å². The highest BCUT2D eigenvalue weighted by Gasteiger charge is 2.09. The van der Waals surface area contributed by atoms with Crippen LogP contribution in [0.15, 0.2) is 18.2 Å². The predicted octanol–water partition coefficient (Wildman–Crippen LogP) is 3.28. The highest BCUT2D eigenvalue weighted by atomic mass is 35.5. The molecule has 0 unspecified atom stereocenters. The highest BCUT2D eigenvalue weighted by Crippen LogP contribution is 2.27. The quantitative estimate of drug-likeness (QED) is 0.821. The van der Waals surface area contributed by atoms with Gasteiger partial charge < -0.3 is 15.8 Å². The first-order chi connectivity index (χ1) is 7.92. The van der Waals surface area contributed by atoms with Gasteiger partial charge in [-0.2, -0.15) is 0 Å². The number of rotatable bonds is 6. The number of hydrogen-bond donors (Lipinski definition) is 2. The fraction of sp³-hybridized carbons (Fsp3) is 0.538. The molecule has 0 fully saturated rings. The Labute approximate surface area is 108 Å². The maximum atomic E-state index is 6.09. The van der Waals surface area contributed by atoms with Gasteiger partial charge in [-0.05, 0) is 45.4 Å². The van der Waals surface area contributed by atoms with Crippen LogP contribution in [0.3, 0.4) is 0 Å². The average Bonchev–Trinajstić information content (AvgIpc) is 2.20. The summed E-state index contributed by atoms with van der Waals surface area (Å²) in [6.45, 7) is 7.41. The lowest BCUT2D eigenvalue weighted by molar-refractivity contribution is 0.340. The maximum Gasteiger partial charge on any atom is 0.138 e. The van der Waals surface area contributed by atoms with Crippen molar-refractivity contribution in [3.63, 3.8) is 0 Å². The van der Waals surface area contributed by atoms with Crippen molar-refractivity contribution >= 4 is 17.3 Å². The zero-order valence-electron chi connectivity index (χ0n) is 10.7. The Hall–Kier alpha value is -0.930. The SMILES string of the molecule is CCOc1ccc(NCCC(C)(C)N)cc1Cl. The molecule has 0 aliphatic carbocycles. The number of halogens is 1. The number of nitrogens with one attached hydrogen (secondary N) is 1. The van der Waals surface area contributed by atoms with Crippen molar-refractivity contribution in [2.75, 3.05) is 18.5 Å². The number of benzene rings is 1. The summed E-state index contributed by atoms with van der Waals surface area (Å²) >= 11 is 6.09. The highest BCUT2D eigenvalue weighted by molar-refractivity contribution is 6.32. The first kappa shape index (κ1) is 14.1. The maximum absolute atomic E-state index is 6.09. The van der Waals surface area contributed by atoms with Crippen LogP contribution in [0.5, 0.6) is 5.75 Å². The summed E-state index contributed by atoms with van der Waals surface area (Å²) in [7, 11) is 0. The van der Waals surface area contributed by atoms with E-state index in [1.165, 1.54) is 0 Å². The van der Waals surface area contributed by atoms with E-state index >= 15 is 0 Å². The molecule has 0 aliphatic heterocycles.